The van der Waals surface area contributed by atoms with Crippen LogP contribution in [-0.2, 0) is 6.54 Å². The van der Waals surface area contributed by atoms with Crippen molar-refractivity contribution in [3.63, 3.8) is 0 Å². The summed E-state index contributed by atoms with van der Waals surface area (Å²) in [7, 11) is 4.00. The lowest BCUT2D eigenvalue weighted by Gasteiger charge is -2.09. The largest absolute Gasteiger partial charge is 0.305 e. The molecule has 0 aliphatic rings. The quantitative estimate of drug-likeness (QED) is 0.397. The first-order valence-electron chi connectivity index (χ1n) is 4.01. The van der Waals surface area contributed by atoms with E-state index in [2.05, 4.69) is 14.9 Å². The van der Waals surface area contributed by atoms with Crippen molar-refractivity contribution in [3.05, 3.63) is 40.3 Å². The van der Waals surface area contributed by atoms with Crippen molar-refractivity contribution in [2.24, 2.45) is 5.11 Å². The molecule has 0 N–H and O–H groups in total. The van der Waals surface area contributed by atoms with Gasteiger partial charge in [0.05, 0.1) is 0 Å². The van der Waals surface area contributed by atoms with Crippen molar-refractivity contribution < 1.29 is 0 Å². The highest BCUT2D eigenvalue weighted by atomic mass is 15.1. The maximum absolute atomic E-state index is 8.24. The Hall–Kier alpha value is -1.51. The van der Waals surface area contributed by atoms with Gasteiger partial charge in [-0.2, -0.15) is 0 Å². The lowest BCUT2D eigenvalue weighted by molar-refractivity contribution is 0.402. The fourth-order valence-electron chi connectivity index (χ4n) is 1.13. The van der Waals surface area contributed by atoms with Crippen molar-refractivity contribution in [2.75, 3.05) is 14.1 Å². The van der Waals surface area contributed by atoms with Gasteiger partial charge in [-0.25, -0.2) is 0 Å². The summed E-state index contributed by atoms with van der Waals surface area (Å²) in [5.74, 6) is 0. The Balaban J connectivity index is 2.85. The third-order valence-corrected chi connectivity index (χ3v) is 1.57. The Morgan fingerprint density at radius 2 is 2.23 bits per heavy atom. The first-order valence-corrected chi connectivity index (χ1v) is 4.01. The molecule has 0 heterocycles. The fraction of sp³-hybridized carbons (Fsp3) is 0.333. The zero-order valence-electron chi connectivity index (χ0n) is 7.81. The van der Waals surface area contributed by atoms with Crippen LogP contribution in [0.5, 0.6) is 0 Å². The maximum Gasteiger partial charge on any atom is 0.0378 e. The predicted molar refractivity (Wildman–Crippen MR) is 52.6 cm³/mol. The molecule has 1 rings (SSSR count). The summed E-state index contributed by atoms with van der Waals surface area (Å²) in [6, 6.07) is 7.58. The Morgan fingerprint density at radius 1 is 1.46 bits per heavy atom. The monoisotopic (exact) mass is 176 g/mol. The molecule has 4 nitrogen and oxygen atoms in total. The van der Waals surface area contributed by atoms with Crippen molar-refractivity contribution in [3.8, 4) is 0 Å². The van der Waals surface area contributed by atoms with Gasteiger partial charge in [0.2, 0.25) is 0 Å². The predicted octanol–water partition coefficient (Wildman–Crippen LogP) is 2.69. The second-order valence-electron chi connectivity index (χ2n) is 3.10. The van der Waals surface area contributed by atoms with Gasteiger partial charge in [-0.15, -0.1) is 0 Å². The molecule has 4 heteroatoms. The minimum absolute atomic E-state index is 0.668. The number of azide groups is 1. The minimum atomic E-state index is 0.668. The zero-order valence-corrected chi connectivity index (χ0v) is 7.81. The molecule has 0 unspecified atom stereocenters. The van der Waals surface area contributed by atoms with Crippen LogP contribution in [0.25, 0.3) is 10.4 Å². The summed E-state index contributed by atoms with van der Waals surface area (Å²) in [6.45, 7) is 0.856. The van der Waals surface area contributed by atoms with Gasteiger partial charge in [-0.1, -0.05) is 23.3 Å². The molecule has 0 radical (unpaired) electrons. The molecule has 0 saturated carbocycles. The van der Waals surface area contributed by atoms with Crippen LogP contribution in [-0.4, -0.2) is 19.0 Å². The Bertz CT molecular complexity index is 326. The molecule has 68 valence electrons. The second-order valence-corrected chi connectivity index (χ2v) is 3.10. The van der Waals surface area contributed by atoms with Crippen LogP contribution < -0.4 is 0 Å². The number of rotatable bonds is 3. The number of benzene rings is 1. The molecular weight excluding hydrogens is 164 g/mol. The van der Waals surface area contributed by atoms with Crippen molar-refractivity contribution in [1.29, 1.82) is 0 Å². The summed E-state index contributed by atoms with van der Waals surface area (Å²) < 4.78 is 0. The van der Waals surface area contributed by atoms with Crippen LogP contribution in [0.3, 0.4) is 0 Å². The highest BCUT2D eigenvalue weighted by Gasteiger charge is 1.95. The third-order valence-electron chi connectivity index (χ3n) is 1.57. The van der Waals surface area contributed by atoms with E-state index in [1.54, 1.807) is 6.07 Å². The van der Waals surface area contributed by atoms with Crippen LogP contribution in [0.15, 0.2) is 29.4 Å². The SMILES string of the molecule is CN(C)Cc1cccc(N=[N+]=[N-])c1. The van der Waals surface area contributed by atoms with Crippen LogP contribution >= 0.6 is 0 Å². The lowest BCUT2D eigenvalue weighted by atomic mass is 10.2. The van der Waals surface area contributed by atoms with Gasteiger partial charge in [0.1, 0.15) is 0 Å². The van der Waals surface area contributed by atoms with Gasteiger partial charge in [-0.05, 0) is 31.3 Å². The van der Waals surface area contributed by atoms with Gasteiger partial charge in [-0.3, -0.25) is 0 Å². The van der Waals surface area contributed by atoms with Gasteiger partial charge in [0.15, 0.2) is 0 Å². The van der Waals surface area contributed by atoms with Gasteiger partial charge < -0.3 is 4.90 Å². The average molecular weight is 176 g/mol. The van der Waals surface area contributed by atoms with Crippen molar-refractivity contribution in [2.45, 2.75) is 6.54 Å². The molecule has 0 spiro atoms. The summed E-state index contributed by atoms with van der Waals surface area (Å²) in [4.78, 5) is 4.80. The van der Waals surface area contributed by atoms with Crippen molar-refractivity contribution >= 4 is 5.69 Å². The normalized spacial score (nSPS) is 9.77. The topological polar surface area (TPSA) is 52.0 Å². The van der Waals surface area contributed by atoms with E-state index < -0.39 is 0 Å². The third kappa shape index (κ3) is 3.15. The average Bonchev–Trinajstić information content (AvgIpc) is 2.04. The van der Waals surface area contributed by atoms with Crippen molar-refractivity contribution in [1.82, 2.24) is 4.90 Å². The zero-order chi connectivity index (χ0) is 9.68. The van der Waals surface area contributed by atoms with E-state index in [1.807, 2.05) is 32.3 Å². The number of hydrogen-bond donors (Lipinski definition) is 0. The van der Waals surface area contributed by atoms with Crippen LogP contribution in [0, 0.1) is 0 Å². The summed E-state index contributed by atoms with van der Waals surface area (Å²) in [6.07, 6.45) is 0. The molecule has 0 fully saturated rings. The molecule has 0 aliphatic carbocycles. The van der Waals surface area contributed by atoms with E-state index in [4.69, 9.17) is 5.53 Å². The van der Waals surface area contributed by atoms with E-state index >= 15 is 0 Å². The molecule has 0 aliphatic heterocycles. The highest BCUT2D eigenvalue weighted by molar-refractivity contribution is 5.39. The molecule has 1 aromatic rings. The molecule has 0 aromatic heterocycles. The first-order chi connectivity index (χ1) is 6.22. The van der Waals surface area contributed by atoms with Gasteiger partial charge >= 0.3 is 0 Å². The first kappa shape index (κ1) is 9.58. The van der Waals surface area contributed by atoms with E-state index in [9.17, 15) is 0 Å². The minimum Gasteiger partial charge on any atom is -0.305 e. The molecule has 0 amide bonds. The Morgan fingerprint density at radius 3 is 2.85 bits per heavy atom. The van der Waals surface area contributed by atoms with Crippen LogP contribution in [0.1, 0.15) is 5.56 Å². The standard InChI is InChI=1S/C9H12N4/c1-13(2)7-8-4-3-5-9(6-8)11-12-10/h3-6H,7H2,1-2H3. The maximum atomic E-state index is 8.24. The van der Waals surface area contributed by atoms with Crippen LogP contribution in [0.4, 0.5) is 5.69 Å². The van der Waals surface area contributed by atoms with E-state index in [1.165, 1.54) is 0 Å². The van der Waals surface area contributed by atoms with E-state index in [-0.39, 0.29) is 0 Å². The summed E-state index contributed by atoms with van der Waals surface area (Å²) in [5.41, 5.74) is 10.1. The highest BCUT2D eigenvalue weighted by Crippen LogP contribution is 2.14. The smallest absolute Gasteiger partial charge is 0.0378 e. The van der Waals surface area contributed by atoms with E-state index in [0.29, 0.717) is 5.69 Å². The Labute approximate surface area is 77.4 Å². The fourth-order valence-corrected chi connectivity index (χ4v) is 1.13. The summed E-state index contributed by atoms with van der Waals surface area (Å²) >= 11 is 0. The molecular formula is C9H12N4. The second kappa shape index (κ2) is 4.50. The Kier molecular flexibility index (Phi) is 3.31. The molecule has 13 heavy (non-hydrogen) atoms. The number of hydrogen-bond acceptors (Lipinski definition) is 2. The van der Waals surface area contributed by atoms with Crippen LogP contribution in [0.2, 0.25) is 0 Å². The van der Waals surface area contributed by atoms with Gasteiger partial charge in [0.25, 0.3) is 0 Å². The lowest BCUT2D eigenvalue weighted by Crippen LogP contribution is -2.10. The molecule has 0 atom stereocenters. The van der Waals surface area contributed by atoms with E-state index in [0.717, 1.165) is 12.1 Å². The number of nitrogens with zero attached hydrogens (tertiary/aromatic N) is 4. The molecule has 0 saturated heterocycles. The molecule has 0 bridgehead atoms. The van der Waals surface area contributed by atoms with Gasteiger partial charge in [0, 0.05) is 17.1 Å². The molecule has 1 aromatic carbocycles. The summed E-state index contributed by atoms with van der Waals surface area (Å²) in [5, 5.41) is 3.54.